The predicted molar refractivity (Wildman–Crippen MR) is 87.7 cm³/mol. The second kappa shape index (κ2) is 7.18. The molecule has 2 aromatic rings. The molecule has 1 aromatic heterocycles. The van der Waals surface area contributed by atoms with Crippen molar-refractivity contribution in [2.75, 3.05) is 14.1 Å². The maximum atomic E-state index is 10.9. The van der Waals surface area contributed by atoms with Crippen molar-refractivity contribution < 1.29 is 9.90 Å². The smallest absolute Gasteiger partial charge is 0.303 e. The van der Waals surface area contributed by atoms with E-state index >= 15 is 0 Å². The highest BCUT2D eigenvalue weighted by Gasteiger charge is 2.13. The van der Waals surface area contributed by atoms with Gasteiger partial charge in [-0.1, -0.05) is 31.2 Å². The average Bonchev–Trinajstić information content (AvgIpc) is 2.46. The lowest BCUT2D eigenvalue weighted by Gasteiger charge is -2.15. The van der Waals surface area contributed by atoms with Crippen LogP contribution < -0.4 is 0 Å². The quantitative estimate of drug-likeness (QED) is 0.888. The molecule has 22 heavy (non-hydrogen) atoms. The number of carbonyl (C=O) groups is 1. The predicted octanol–water partition coefficient (Wildman–Crippen LogP) is 3.39. The van der Waals surface area contributed by atoms with Gasteiger partial charge in [0.25, 0.3) is 0 Å². The van der Waals surface area contributed by atoms with Gasteiger partial charge < -0.3 is 10.0 Å². The number of hydrogen-bond acceptors (Lipinski definition) is 3. The molecule has 0 spiro atoms. The van der Waals surface area contributed by atoms with Gasteiger partial charge in [0.2, 0.25) is 0 Å². The minimum Gasteiger partial charge on any atom is -0.481 e. The second-order valence-corrected chi connectivity index (χ2v) is 5.90. The summed E-state index contributed by atoms with van der Waals surface area (Å²) in [5.74, 6) is -0.836. The molecular weight excluding hydrogens is 276 g/mol. The van der Waals surface area contributed by atoms with Gasteiger partial charge in [0.15, 0.2) is 0 Å². The largest absolute Gasteiger partial charge is 0.481 e. The Hall–Kier alpha value is -2.20. The lowest BCUT2D eigenvalue weighted by atomic mass is 9.94. The van der Waals surface area contributed by atoms with Crippen LogP contribution in [0, 0.1) is 0 Å². The zero-order valence-electron chi connectivity index (χ0n) is 13.3. The number of hydrogen-bond donors (Lipinski definition) is 1. The zero-order valence-corrected chi connectivity index (χ0v) is 13.3. The van der Waals surface area contributed by atoms with Crippen molar-refractivity contribution in [2.45, 2.75) is 25.8 Å². The summed E-state index contributed by atoms with van der Waals surface area (Å²) in [5, 5.41) is 8.95. The average molecular weight is 298 g/mol. The normalized spacial score (nSPS) is 12.4. The van der Waals surface area contributed by atoms with Gasteiger partial charge in [-0.3, -0.25) is 9.78 Å². The monoisotopic (exact) mass is 298 g/mol. The van der Waals surface area contributed by atoms with E-state index in [0.29, 0.717) is 0 Å². The fraction of sp³-hybridized carbons (Fsp3) is 0.333. The van der Waals surface area contributed by atoms with Crippen LogP contribution in [0.25, 0.3) is 11.1 Å². The number of nitrogens with zero attached hydrogens (tertiary/aromatic N) is 2. The molecule has 0 aliphatic rings. The summed E-state index contributed by atoms with van der Waals surface area (Å²) in [7, 11) is 4.08. The van der Waals surface area contributed by atoms with Gasteiger partial charge in [-0.15, -0.1) is 0 Å². The van der Waals surface area contributed by atoms with Gasteiger partial charge >= 0.3 is 5.97 Å². The molecule has 0 aliphatic carbocycles. The first kappa shape index (κ1) is 16.2. The molecule has 0 saturated heterocycles. The number of rotatable bonds is 6. The third-order valence-electron chi connectivity index (χ3n) is 3.62. The van der Waals surface area contributed by atoms with E-state index in [2.05, 4.69) is 28.1 Å². The highest BCUT2D eigenvalue weighted by atomic mass is 16.4. The van der Waals surface area contributed by atoms with Crippen molar-refractivity contribution in [3.05, 3.63) is 53.9 Å². The molecule has 0 aliphatic heterocycles. The van der Waals surface area contributed by atoms with Crippen LogP contribution in [0.3, 0.4) is 0 Å². The number of benzene rings is 1. The van der Waals surface area contributed by atoms with E-state index in [1.165, 1.54) is 5.56 Å². The first-order chi connectivity index (χ1) is 10.5. The molecule has 1 heterocycles. The molecule has 1 N–H and O–H groups in total. The van der Waals surface area contributed by atoms with E-state index in [0.717, 1.165) is 23.2 Å². The minimum atomic E-state index is -0.786. The van der Waals surface area contributed by atoms with Crippen LogP contribution in [-0.2, 0) is 11.3 Å². The molecule has 4 nitrogen and oxygen atoms in total. The number of pyridine rings is 1. The second-order valence-electron chi connectivity index (χ2n) is 5.90. The summed E-state index contributed by atoms with van der Waals surface area (Å²) in [6.07, 6.45) is 3.71. The van der Waals surface area contributed by atoms with Crippen LogP contribution in [0.2, 0.25) is 0 Å². The minimum absolute atomic E-state index is 0.0500. The van der Waals surface area contributed by atoms with Crippen LogP contribution in [0.4, 0.5) is 0 Å². The number of aliphatic carboxylic acids is 1. The van der Waals surface area contributed by atoms with Crippen LogP contribution in [0.5, 0.6) is 0 Å². The molecule has 0 bridgehead atoms. The molecule has 2 rings (SSSR count). The summed E-state index contributed by atoms with van der Waals surface area (Å²) >= 11 is 0. The number of carboxylic acid groups (broad SMARTS) is 1. The van der Waals surface area contributed by atoms with Crippen LogP contribution >= 0.6 is 0 Å². The van der Waals surface area contributed by atoms with Gasteiger partial charge in [0.1, 0.15) is 0 Å². The Labute approximate surface area is 131 Å². The van der Waals surface area contributed by atoms with Crippen molar-refractivity contribution >= 4 is 5.97 Å². The van der Waals surface area contributed by atoms with Gasteiger partial charge in [0.05, 0.1) is 6.42 Å². The van der Waals surface area contributed by atoms with Crippen LogP contribution in [-0.4, -0.2) is 35.1 Å². The number of aromatic nitrogens is 1. The summed E-state index contributed by atoms with van der Waals surface area (Å²) < 4.78 is 0. The molecule has 0 radical (unpaired) electrons. The summed E-state index contributed by atoms with van der Waals surface area (Å²) in [6, 6.07) is 10.3. The van der Waals surface area contributed by atoms with E-state index in [9.17, 15) is 4.79 Å². The lowest BCUT2D eigenvalue weighted by molar-refractivity contribution is -0.137. The van der Waals surface area contributed by atoms with Crippen molar-refractivity contribution in [1.82, 2.24) is 9.88 Å². The van der Waals surface area contributed by atoms with E-state index in [-0.39, 0.29) is 12.3 Å². The van der Waals surface area contributed by atoms with Crippen molar-refractivity contribution in [1.29, 1.82) is 0 Å². The molecule has 1 atom stereocenters. The van der Waals surface area contributed by atoms with Crippen LogP contribution in [0.15, 0.2) is 42.7 Å². The first-order valence-electron chi connectivity index (χ1n) is 7.37. The highest BCUT2D eigenvalue weighted by molar-refractivity contribution is 5.69. The molecule has 116 valence electrons. The summed E-state index contributed by atoms with van der Waals surface area (Å²) in [5.41, 5.74) is 4.37. The molecule has 1 unspecified atom stereocenters. The zero-order chi connectivity index (χ0) is 16.1. The Morgan fingerprint density at radius 2 is 2.00 bits per heavy atom. The molecular formula is C18H22N2O2. The van der Waals surface area contributed by atoms with Gasteiger partial charge in [-0.25, -0.2) is 0 Å². The van der Waals surface area contributed by atoms with Gasteiger partial charge in [-0.2, -0.15) is 0 Å². The molecule has 1 aromatic carbocycles. The molecule has 0 amide bonds. The van der Waals surface area contributed by atoms with Gasteiger partial charge in [0, 0.05) is 24.5 Å². The fourth-order valence-corrected chi connectivity index (χ4v) is 2.53. The SMILES string of the molecule is CC(CC(=O)O)c1cncc(-c2ccccc2CN(C)C)c1. The van der Waals surface area contributed by atoms with Crippen molar-refractivity contribution in [3.63, 3.8) is 0 Å². The van der Waals surface area contributed by atoms with E-state index < -0.39 is 5.97 Å². The van der Waals surface area contributed by atoms with E-state index in [1.807, 2.05) is 39.3 Å². The molecule has 0 fully saturated rings. The molecule has 0 saturated carbocycles. The Kier molecular flexibility index (Phi) is 5.28. The highest BCUT2D eigenvalue weighted by Crippen LogP contribution is 2.27. The summed E-state index contributed by atoms with van der Waals surface area (Å²) in [4.78, 5) is 17.3. The number of carboxylic acids is 1. The van der Waals surface area contributed by atoms with E-state index in [1.54, 1.807) is 6.20 Å². The Balaban J connectivity index is 2.36. The Morgan fingerprint density at radius 3 is 2.68 bits per heavy atom. The third kappa shape index (κ3) is 4.15. The van der Waals surface area contributed by atoms with Crippen LogP contribution in [0.1, 0.15) is 30.4 Å². The lowest BCUT2D eigenvalue weighted by Crippen LogP contribution is -2.11. The summed E-state index contributed by atoms with van der Waals surface area (Å²) in [6.45, 7) is 2.77. The van der Waals surface area contributed by atoms with Gasteiger partial charge in [-0.05, 0) is 42.8 Å². The standard InChI is InChI=1S/C18H22N2O2/c1-13(8-18(21)22)15-9-16(11-19-10-15)17-7-5-4-6-14(17)12-20(2)3/h4-7,9-11,13H,8,12H2,1-3H3,(H,21,22). The third-order valence-corrected chi connectivity index (χ3v) is 3.62. The maximum absolute atomic E-state index is 10.9. The fourth-order valence-electron chi connectivity index (χ4n) is 2.53. The topological polar surface area (TPSA) is 53.4 Å². The molecule has 4 heteroatoms. The van der Waals surface area contributed by atoms with Crippen molar-refractivity contribution in [3.8, 4) is 11.1 Å². The van der Waals surface area contributed by atoms with Crippen molar-refractivity contribution in [2.24, 2.45) is 0 Å². The Morgan fingerprint density at radius 1 is 1.27 bits per heavy atom. The first-order valence-corrected chi connectivity index (χ1v) is 7.37. The van der Waals surface area contributed by atoms with E-state index in [4.69, 9.17) is 5.11 Å². The maximum Gasteiger partial charge on any atom is 0.303 e. The Bertz CT molecular complexity index is 653.